The third kappa shape index (κ3) is 4.41. The molecule has 2 aromatic rings. The van der Waals surface area contributed by atoms with E-state index in [1.165, 1.54) is 6.92 Å². The van der Waals surface area contributed by atoms with Crippen molar-refractivity contribution in [3.8, 4) is 0 Å². The molecule has 5 heteroatoms. The van der Waals surface area contributed by atoms with E-state index in [9.17, 15) is 9.59 Å². The molecule has 0 aliphatic rings. The Morgan fingerprint density at radius 1 is 1.08 bits per heavy atom. The van der Waals surface area contributed by atoms with Crippen molar-refractivity contribution in [1.82, 2.24) is 10.3 Å². The lowest BCUT2D eigenvalue weighted by molar-refractivity contribution is -0.114. The van der Waals surface area contributed by atoms with E-state index in [-0.39, 0.29) is 23.8 Å². The van der Waals surface area contributed by atoms with E-state index in [2.05, 4.69) is 29.5 Å². The molecule has 2 N–H and O–H groups in total. The molecule has 0 radical (unpaired) electrons. The average molecular weight is 325 g/mol. The largest absolute Gasteiger partial charge is 0.343 e. The second-order valence-corrected chi connectivity index (χ2v) is 6.16. The zero-order valence-corrected chi connectivity index (χ0v) is 14.5. The molecule has 2 amide bonds. The van der Waals surface area contributed by atoms with Crippen molar-refractivity contribution < 1.29 is 9.59 Å². The number of hydrogen-bond donors (Lipinski definition) is 2. The number of carbonyl (C=O) groups excluding carboxylic acids is 2. The van der Waals surface area contributed by atoms with E-state index in [4.69, 9.17) is 0 Å². The molecule has 126 valence electrons. The number of nitrogens with one attached hydrogen (secondary N) is 2. The first kappa shape index (κ1) is 17.7. The molecule has 1 aromatic carbocycles. The van der Waals surface area contributed by atoms with Gasteiger partial charge < -0.3 is 10.6 Å². The van der Waals surface area contributed by atoms with Crippen LogP contribution in [0, 0.1) is 12.8 Å². The molecule has 24 heavy (non-hydrogen) atoms. The quantitative estimate of drug-likeness (QED) is 0.884. The Kier molecular flexibility index (Phi) is 5.68. The molecular formula is C19H23N3O2. The summed E-state index contributed by atoms with van der Waals surface area (Å²) in [5.41, 5.74) is 3.15. The first-order chi connectivity index (χ1) is 11.4. The van der Waals surface area contributed by atoms with Crippen molar-refractivity contribution in [3.05, 3.63) is 59.4 Å². The molecule has 0 aliphatic heterocycles. The first-order valence-corrected chi connectivity index (χ1v) is 7.98. The predicted octanol–water partition coefficient (Wildman–Crippen LogP) is 3.48. The molecule has 1 atom stereocenters. The van der Waals surface area contributed by atoms with Gasteiger partial charge in [-0.05, 0) is 48.7 Å². The number of rotatable bonds is 5. The SMILES string of the molecule is CC(=O)Nc1ccc(C(=O)N[C@@H](c2ncccc2C)C(C)C)cc1. The fraction of sp³-hybridized carbons (Fsp3) is 0.316. The first-order valence-electron chi connectivity index (χ1n) is 7.98. The van der Waals surface area contributed by atoms with Crippen LogP contribution in [0.1, 0.15) is 48.4 Å². The van der Waals surface area contributed by atoms with E-state index in [1.54, 1.807) is 30.5 Å². The Morgan fingerprint density at radius 3 is 2.29 bits per heavy atom. The fourth-order valence-corrected chi connectivity index (χ4v) is 2.51. The minimum absolute atomic E-state index is 0.141. The number of aryl methyl sites for hydroxylation is 1. The smallest absolute Gasteiger partial charge is 0.251 e. The molecule has 0 fully saturated rings. The molecule has 0 bridgehead atoms. The third-order valence-corrected chi connectivity index (χ3v) is 3.77. The van der Waals surface area contributed by atoms with Gasteiger partial charge in [-0.1, -0.05) is 19.9 Å². The summed E-state index contributed by atoms with van der Waals surface area (Å²) in [6, 6.07) is 10.5. The van der Waals surface area contributed by atoms with Crippen molar-refractivity contribution in [2.24, 2.45) is 5.92 Å². The number of carbonyl (C=O) groups is 2. The highest BCUT2D eigenvalue weighted by atomic mass is 16.2. The Hall–Kier alpha value is -2.69. The van der Waals surface area contributed by atoms with E-state index in [1.807, 2.05) is 19.1 Å². The molecule has 1 aromatic heterocycles. The van der Waals surface area contributed by atoms with Gasteiger partial charge >= 0.3 is 0 Å². The molecule has 0 saturated carbocycles. The summed E-state index contributed by atoms with van der Waals surface area (Å²) >= 11 is 0. The zero-order chi connectivity index (χ0) is 17.7. The van der Waals surface area contributed by atoms with Gasteiger partial charge in [-0.15, -0.1) is 0 Å². The molecule has 1 heterocycles. The second kappa shape index (κ2) is 7.73. The number of amides is 2. The van der Waals surface area contributed by atoms with Gasteiger partial charge in [-0.3, -0.25) is 14.6 Å². The van der Waals surface area contributed by atoms with Crippen LogP contribution in [0.2, 0.25) is 0 Å². The summed E-state index contributed by atoms with van der Waals surface area (Å²) in [6.07, 6.45) is 1.74. The summed E-state index contributed by atoms with van der Waals surface area (Å²) in [5, 5.41) is 5.74. The minimum Gasteiger partial charge on any atom is -0.343 e. The van der Waals surface area contributed by atoms with Crippen LogP contribution in [-0.4, -0.2) is 16.8 Å². The number of aromatic nitrogens is 1. The van der Waals surface area contributed by atoms with Gasteiger partial charge in [0, 0.05) is 24.4 Å². The summed E-state index contributed by atoms with van der Waals surface area (Å²) in [6.45, 7) is 7.55. The van der Waals surface area contributed by atoms with Crippen LogP contribution in [0.5, 0.6) is 0 Å². The number of pyridine rings is 1. The number of nitrogens with zero attached hydrogens (tertiary/aromatic N) is 1. The van der Waals surface area contributed by atoms with Crippen LogP contribution < -0.4 is 10.6 Å². The van der Waals surface area contributed by atoms with Crippen LogP contribution in [0.4, 0.5) is 5.69 Å². The molecule has 2 rings (SSSR count). The van der Waals surface area contributed by atoms with Crippen molar-refractivity contribution in [1.29, 1.82) is 0 Å². The lowest BCUT2D eigenvalue weighted by Crippen LogP contribution is -2.32. The standard InChI is InChI=1S/C19H23N3O2/c1-12(2)17(18-13(3)6-5-11-20-18)22-19(24)15-7-9-16(10-8-15)21-14(4)23/h5-12,17H,1-4H3,(H,21,23)(H,22,24)/t17-/m1/s1. The predicted molar refractivity (Wildman–Crippen MR) is 94.8 cm³/mol. The summed E-state index contributed by atoms with van der Waals surface area (Å²) in [5.74, 6) is -0.0907. The molecule has 0 spiro atoms. The summed E-state index contributed by atoms with van der Waals surface area (Å²) in [7, 11) is 0. The van der Waals surface area contributed by atoms with Gasteiger partial charge in [0.25, 0.3) is 5.91 Å². The van der Waals surface area contributed by atoms with Gasteiger partial charge in [-0.2, -0.15) is 0 Å². The number of benzene rings is 1. The average Bonchev–Trinajstić information content (AvgIpc) is 2.53. The molecule has 0 unspecified atom stereocenters. The van der Waals surface area contributed by atoms with E-state index in [0.717, 1.165) is 11.3 Å². The third-order valence-electron chi connectivity index (χ3n) is 3.77. The highest BCUT2D eigenvalue weighted by molar-refractivity contribution is 5.95. The van der Waals surface area contributed by atoms with E-state index < -0.39 is 0 Å². The maximum Gasteiger partial charge on any atom is 0.251 e. The zero-order valence-electron chi connectivity index (χ0n) is 14.5. The lowest BCUT2D eigenvalue weighted by atomic mass is 9.97. The molecular weight excluding hydrogens is 302 g/mol. The Balaban J connectivity index is 2.16. The molecule has 0 saturated heterocycles. The monoisotopic (exact) mass is 325 g/mol. The van der Waals surface area contributed by atoms with E-state index >= 15 is 0 Å². The second-order valence-electron chi connectivity index (χ2n) is 6.16. The summed E-state index contributed by atoms with van der Waals surface area (Å²) < 4.78 is 0. The van der Waals surface area contributed by atoms with Gasteiger partial charge in [0.2, 0.25) is 5.91 Å². The minimum atomic E-state index is -0.159. The molecule has 5 nitrogen and oxygen atoms in total. The lowest BCUT2D eigenvalue weighted by Gasteiger charge is -2.23. The maximum atomic E-state index is 12.6. The van der Waals surface area contributed by atoms with Crippen LogP contribution in [0.15, 0.2) is 42.6 Å². The van der Waals surface area contributed by atoms with Crippen molar-refractivity contribution >= 4 is 17.5 Å². The van der Waals surface area contributed by atoms with Gasteiger partial charge in [0.15, 0.2) is 0 Å². The van der Waals surface area contributed by atoms with E-state index in [0.29, 0.717) is 11.3 Å². The van der Waals surface area contributed by atoms with Gasteiger partial charge in [0.05, 0.1) is 11.7 Å². The summed E-state index contributed by atoms with van der Waals surface area (Å²) in [4.78, 5) is 28.0. The fourth-order valence-electron chi connectivity index (χ4n) is 2.51. The van der Waals surface area contributed by atoms with Crippen LogP contribution in [0.25, 0.3) is 0 Å². The topological polar surface area (TPSA) is 71.1 Å². The number of hydrogen-bond acceptors (Lipinski definition) is 3. The highest BCUT2D eigenvalue weighted by Crippen LogP contribution is 2.23. The van der Waals surface area contributed by atoms with Crippen LogP contribution in [0.3, 0.4) is 0 Å². The Morgan fingerprint density at radius 2 is 1.75 bits per heavy atom. The van der Waals surface area contributed by atoms with Gasteiger partial charge in [0.1, 0.15) is 0 Å². The highest BCUT2D eigenvalue weighted by Gasteiger charge is 2.21. The van der Waals surface area contributed by atoms with Gasteiger partial charge in [-0.25, -0.2) is 0 Å². The van der Waals surface area contributed by atoms with Crippen molar-refractivity contribution in [3.63, 3.8) is 0 Å². The van der Waals surface area contributed by atoms with Crippen molar-refractivity contribution in [2.45, 2.75) is 33.7 Å². The maximum absolute atomic E-state index is 12.6. The normalized spacial score (nSPS) is 11.9. The Bertz CT molecular complexity index is 724. The van der Waals surface area contributed by atoms with Crippen LogP contribution in [-0.2, 0) is 4.79 Å². The number of anilines is 1. The van der Waals surface area contributed by atoms with Crippen molar-refractivity contribution in [2.75, 3.05) is 5.32 Å². The Labute approximate surface area is 142 Å². The van der Waals surface area contributed by atoms with Crippen LogP contribution >= 0.6 is 0 Å². The molecule has 0 aliphatic carbocycles.